The number of hydrogen-bond acceptors (Lipinski definition) is 5. The molecule has 2 aromatic carbocycles. The van der Waals surface area contributed by atoms with Crippen LogP contribution in [-0.4, -0.2) is 78.2 Å². The lowest BCUT2D eigenvalue weighted by Crippen LogP contribution is -2.50. The van der Waals surface area contributed by atoms with Gasteiger partial charge in [0.05, 0.1) is 6.42 Å². The molecule has 0 aromatic heterocycles. The van der Waals surface area contributed by atoms with Crippen LogP contribution in [0.4, 0.5) is 4.79 Å². The minimum Gasteiger partial charge on any atom is -0.481 e. The third-order valence-corrected chi connectivity index (χ3v) is 6.95. The minimum atomic E-state index is -0.811. The third-order valence-electron chi connectivity index (χ3n) is 6.95. The van der Waals surface area contributed by atoms with Crippen LogP contribution in [0.15, 0.2) is 48.5 Å². The monoisotopic (exact) mass is 479 g/mol. The Kier molecular flexibility index (Phi) is 8.02. The SMILES string of the molecule is CCC(CC(=O)N1CCN(CCC(=O)O)CC1)NC(=O)OCC1c2ccccc2-c2ccccc21. The zero-order valence-electron chi connectivity index (χ0n) is 20.1. The van der Waals surface area contributed by atoms with Gasteiger partial charge < -0.3 is 20.1 Å². The van der Waals surface area contributed by atoms with E-state index in [1.165, 1.54) is 11.1 Å². The van der Waals surface area contributed by atoms with Crippen molar-refractivity contribution in [1.82, 2.24) is 15.1 Å². The quantitative estimate of drug-likeness (QED) is 0.573. The first-order valence-electron chi connectivity index (χ1n) is 12.3. The van der Waals surface area contributed by atoms with Gasteiger partial charge in [0, 0.05) is 51.1 Å². The Morgan fingerprint density at radius 3 is 2.17 bits per heavy atom. The molecule has 1 unspecified atom stereocenters. The van der Waals surface area contributed by atoms with Crippen LogP contribution in [0.1, 0.15) is 43.2 Å². The van der Waals surface area contributed by atoms with Crippen LogP contribution in [-0.2, 0) is 14.3 Å². The Labute approximate surface area is 205 Å². The Morgan fingerprint density at radius 1 is 1.00 bits per heavy atom. The summed E-state index contributed by atoms with van der Waals surface area (Å²) in [6.07, 6.45) is 0.435. The molecule has 2 aliphatic rings. The summed E-state index contributed by atoms with van der Waals surface area (Å²) in [5.41, 5.74) is 4.67. The number of amides is 2. The van der Waals surface area contributed by atoms with Crippen molar-refractivity contribution >= 4 is 18.0 Å². The molecule has 186 valence electrons. The summed E-state index contributed by atoms with van der Waals surface area (Å²) in [6.45, 7) is 5.14. The Hall–Kier alpha value is -3.39. The number of alkyl carbamates (subject to hydrolysis) is 1. The largest absolute Gasteiger partial charge is 0.481 e. The molecule has 1 aliphatic carbocycles. The van der Waals surface area contributed by atoms with Crippen molar-refractivity contribution in [1.29, 1.82) is 0 Å². The molecule has 2 amide bonds. The molecule has 1 aliphatic heterocycles. The molecule has 8 heteroatoms. The van der Waals surface area contributed by atoms with Crippen molar-refractivity contribution in [2.75, 3.05) is 39.3 Å². The van der Waals surface area contributed by atoms with Crippen LogP contribution in [0, 0.1) is 0 Å². The van der Waals surface area contributed by atoms with Crippen molar-refractivity contribution in [2.24, 2.45) is 0 Å². The van der Waals surface area contributed by atoms with Crippen molar-refractivity contribution < 1.29 is 24.2 Å². The Bertz CT molecular complexity index is 1020. The normalized spacial score (nSPS) is 16.3. The number of ether oxygens (including phenoxy) is 1. The topological polar surface area (TPSA) is 99.2 Å². The second kappa shape index (κ2) is 11.4. The molecular formula is C27H33N3O5. The van der Waals surface area contributed by atoms with Gasteiger partial charge >= 0.3 is 12.1 Å². The number of piperazine rings is 1. The molecule has 1 atom stereocenters. The second-order valence-corrected chi connectivity index (χ2v) is 9.15. The Morgan fingerprint density at radius 2 is 1.60 bits per heavy atom. The molecule has 4 rings (SSSR count). The average Bonchev–Trinajstić information content (AvgIpc) is 3.19. The van der Waals surface area contributed by atoms with E-state index in [1.54, 1.807) is 4.90 Å². The first kappa shape index (κ1) is 24.7. The maximum atomic E-state index is 12.8. The number of hydrogen-bond donors (Lipinski definition) is 2. The first-order valence-corrected chi connectivity index (χ1v) is 12.3. The number of carbonyl (C=O) groups excluding carboxylic acids is 2. The van der Waals surface area contributed by atoms with Crippen LogP contribution >= 0.6 is 0 Å². The average molecular weight is 480 g/mol. The highest BCUT2D eigenvalue weighted by atomic mass is 16.5. The standard InChI is InChI=1S/C27H33N3O5/c1-2-19(17-25(31)30-15-13-29(14-16-30)12-11-26(32)33)28-27(34)35-18-24-22-9-5-3-7-20(22)21-8-4-6-10-23(21)24/h3-10,19,24H,2,11-18H2,1H3,(H,28,34)(H,32,33). The fourth-order valence-corrected chi connectivity index (χ4v) is 4.92. The number of nitrogens with one attached hydrogen (secondary N) is 1. The van der Waals surface area contributed by atoms with Crippen LogP contribution in [0.2, 0.25) is 0 Å². The molecule has 0 spiro atoms. The predicted octanol–water partition coefficient (Wildman–Crippen LogP) is 3.31. The van der Waals surface area contributed by atoms with Crippen molar-refractivity contribution in [3.8, 4) is 11.1 Å². The van der Waals surface area contributed by atoms with E-state index >= 15 is 0 Å². The van der Waals surface area contributed by atoms with Gasteiger partial charge in [-0.3, -0.25) is 14.5 Å². The molecule has 0 bridgehead atoms. The molecule has 0 saturated carbocycles. The molecule has 1 fully saturated rings. The minimum absolute atomic E-state index is 0.00585. The summed E-state index contributed by atoms with van der Waals surface area (Å²) in [4.78, 5) is 40.0. The lowest BCUT2D eigenvalue weighted by molar-refractivity contribution is -0.138. The lowest BCUT2D eigenvalue weighted by atomic mass is 9.98. The van der Waals surface area contributed by atoms with E-state index in [0.29, 0.717) is 39.1 Å². The first-order chi connectivity index (χ1) is 17.0. The number of benzene rings is 2. The highest BCUT2D eigenvalue weighted by molar-refractivity contribution is 5.79. The van der Waals surface area contributed by atoms with Gasteiger partial charge in [0.25, 0.3) is 0 Å². The van der Waals surface area contributed by atoms with E-state index in [4.69, 9.17) is 9.84 Å². The van der Waals surface area contributed by atoms with Gasteiger partial charge in [0.2, 0.25) is 5.91 Å². The molecular weight excluding hydrogens is 446 g/mol. The van der Waals surface area contributed by atoms with E-state index < -0.39 is 12.1 Å². The summed E-state index contributed by atoms with van der Waals surface area (Å²) < 4.78 is 5.63. The highest BCUT2D eigenvalue weighted by Gasteiger charge is 2.29. The molecule has 1 heterocycles. The van der Waals surface area contributed by atoms with Crippen LogP contribution in [0.3, 0.4) is 0 Å². The van der Waals surface area contributed by atoms with E-state index in [9.17, 15) is 14.4 Å². The lowest BCUT2D eigenvalue weighted by Gasteiger charge is -2.35. The number of nitrogens with zero attached hydrogens (tertiary/aromatic N) is 2. The van der Waals surface area contributed by atoms with Crippen molar-refractivity contribution in [2.45, 2.75) is 38.1 Å². The van der Waals surface area contributed by atoms with Gasteiger partial charge in [0.1, 0.15) is 6.61 Å². The second-order valence-electron chi connectivity index (χ2n) is 9.15. The zero-order valence-corrected chi connectivity index (χ0v) is 20.1. The van der Waals surface area contributed by atoms with Gasteiger partial charge in [-0.05, 0) is 28.7 Å². The van der Waals surface area contributed by atoms with Gasteiger partial charge in [-0.1, -0.05) is 55.5 Å². The van der Waals surface area contributed by atoms with E-state index in [2.05, 4.69) is 34.5 Å². The number of aliphatic carboxylic acids is 1. The highest BCUT2D eigenvalue weighted by Crippen LogP contribution is 2.44. The van der Waals surface area contributed by atoms with Crippen LogP contribution in [0.25, 0.3) is 11.1 Å². The molecule has 2 N–H and O–H groups in total. The van der Waals surface area contributed by atoms with E-state index in [-0.39, 0.29) is 37.3 Å². The number of rotatable bonds is 9. The number of carboxylic acid groups (broad SMARTS) is 1. The van der Waals surface area contributed by atoms with Crippen LogP contribution < -0.4 is 5.32 Å². The molecule has 8 nitrogen and oxygen atoms in total. The van der Waals surface area contributed by atoms with E-state index in [0.717, 1.165) is 11.1 Å². The zero-order chi connectivity index (χ0) is 24.8. The van der Waals surface area contributed by atoms with Gasteiger partial charge in [-0.15, -0.1) is 0 Å². The summed E-state index contributed by atoms with van der Waals surface area (Å²) in [6, 6.07) is 16.1. The predicted molar refractivity (Wildman–Crippen MR) is 132 cm³/mol. The number of carbonyl (C=O) groups is 3. The summed E-state index contributed by atoms with van der Waals surface area (Å²) in [5, 5.41) is 11.7. The fraction of sp³-hybridized carbons (Fsp3) is 0.444. The molecule has 35 heavy (non-hydrogen) atoms. The summed E-state index contributed by atoms with van der Waals surface area (Å²) in [5.74, 6) is -0.824. The summed E-state index contributed by atoms with van der Waals surface area (Å²) in [7, 11) is 0. The van der Waals surface area contributed by atoms with E-state index in [1.807, 2.05) is 31.2 Å². The van der Waals surface area contributed by atoms with Crippen molar-refractivity contribution in [3.63, 3.8) is 0 Å². The maximum absolute atomic E-state index is 12.8. The van der Waals surface area contributed by atoms with Gasteiger partial charge in [0.15, 0.2) is 0 Å². The van der Waals surface area contributed by atoms with Gasteiger partial charge in [-0.2, -0.15) is 0 Å². The van der Waals surface area contributed by atoms with Crippen LogP contribution in [0.5, 0.6) is 0 Å². The number of carboxylic acids is 1. The third kappa shape index (κ3) is 6.00. The van der Waals surface area contributed by atoms with Crippen molar-refractivity contribution in [3.05, 3.63) is 59.7 Å². The maximum Gasteiger partial charge on any atom is 0.407 e. The molecule has 2 aromatic rings. The molecule has 0 radical (unpaired) electrons. The Balaban J connectivity index is 1.26. The summed E-state index contributed by atoms with van der Waals surface area (Å²) >= 11 is 0. The smallest absolute Gasteiger partial charge is 0.407 e. The van der Waals surface area contributed by atoms with Gasteiger partial charge in [-0.25, -0.2) is 4.79 Å². The number of fused-ring (bicyclic) bond motifs is 3. The molecule has 1 saturated heterocycles. The fourth-order valence-electron chi connectivity index (χ4n) is 4.92.